The third-order valence-corrected chi connectivity index (χ3v) is 6.79. The van der Waals surface area contributed by atoms with Gasteiger partial charge in [0.25, 0.3) is 0 Å². The number of hydrogen-bond donors (Lipinski definition) is 0. The van der Waals surface area contributed by atoms with Crippen molar-refractivity contribution in [3.63, 3.8) is 0 Å². The number of aryl methyl sites for hydroxylation is 1. The second-order valence-corrected chi connectivity index (χ2v) is 8.08. The van der Waals surface area contributed by atoms with Gasteiger partial charge in [0.05, 0.1) is 16.3 Å². The molecule has 1 aromatic heterocycles. The summed E-state index contributed by atoms with van der Waals surface area (Å²) in [5.74, 6) is 0.114. The third kappa shape index (κ3) is 1.93. The fourth-order valence-corrected chi connectivity index (χ4v) is 5.83. The highest BCUT2D eigenvalue weighted by atomic mass is 32.2. The van der Waals surface area contributed by atoms with E-state index in [1.54, 1.807) is 10.7 Å². The van der Waals surface area contributed by atoms with Gasteiger partial charge in [-0.1, -0.05) is 18.2 Å². The van der Waals surface area contributed by atoms with Gasteiger partial charge >= 0.3 is 0 Å². The first-order chi connectivity index (χ1) is 10.1. The van der Waals surface area contributed by atoms with Crippen LogP contribution in [-0.2, 0) is 23.4 Å². The standard InChI is InChI=1S/C15H17N3O2S/c1-17-7-11(6-16-17)8-18-9-13-12-4-2-3-5-14(12)21(19,20)15(13)10-18/h2-7,13,15H,8-10H2,1H3/t13-,15+/m1/s1. The van der Waals surface area contributed by atoms with Crippen LogP contribution in [0.3, 0.4) is 0 Å². The van der Waals surface area contributed by atoms with E-state index in [1.165, 1.54) is 0 Å². The van der Waals surface area contributed by atoms with Gasteiger partial charge in [0.2, 0.25) is 0 Å². The highest BCUT2D eigenvalue weighted by Gasteiger charge is 2.49. The molecule has 1 aromatic carbocycles. The molecule has 1 saturated heterocycles. The first-order valence-electron chi connectivity index (χ1n) is 7.08. The zero-order chi connectivity index (χ0) is 14.6. The average molecular weight is 303 g/mol. The average Bonchev–Trinajstić information content (AvgIpc) is 3.10. The second kappa shape index (κ2) is 4.42. The van der Waals surface area contributed by atoms with E-state index in [4.69, 9.17) is 0 Å². The van der Waals surface area contributed by atoms with Gasteiger partial charge in [-0.15, -0.1) is 0 Å². The normalized spacial score (nSPS) is 26.7. The number of aromatic nitrogens is 2. The molecule has 1 fully saturated rings. The molecular weight excluding hydrogens is 286 g/mol. The molecule has 0 amide bonds. The van der Waals surface area contributed by atoms with E-state index in [0.29, 0.717) is 11.4 Å². The van der Waals surface area contributed by atoms with Crippen LogP contribution in [0, 0.1) is 0 Å². The van der Waals surface area contributed by atoms with Gasteiger partial charge in [-0.05, 0) is 11.6 Å². The molecule has 2 aliphatic rings. The molecule has 4 rings (SSSR count). The number of fused-ring (bicyclic) bond motifs is 3. The number of sulfone groups is 1. The van der Waals surface area contributed by atoms with Gasteiger partial charge in [0.15, 0.2) is 9.84 Å². The molecule has 0 aliphatic carbocycles. The Hall–Kier alpha value is -1.66. The highest BCUT2D eigenvalue weighted by Crippen LogP contribution is 2.44. The molecule has 2 atom stereocenters. The molecule has 2 aromatic rings. The molecule has 0 saturated carbocycles. The molecule has 6 heteroatoms. The van der Waals surface area contributed by atoms with Crippen molar-refractivity contribution in [2.75, 3.05) is 13.1 Å². The molecule has 0 bridgehead atoms. The first-order valence-corrected chi connectivity index (χ1v) is 8.63. The van der Waals surface area contributed by atoms with E-state index in [9.17, 15) is 8.42 Å². The lowest BCUT2D eigenvalue weighted by atomic mass is 9.99. The Morgan fingerprint density at radius 1 is 1.29 bits per heavy atom. The van der Waals surface area contributed by atoms with Crippen molar-refractivity contribution in [3.8, 4) is 0 Å². The Morgan fingerprint density at radius 3 is 2.86 bits per heavy atom. The minimum atomic E-state index is -3.17. The summed E-state index contributed by atoms with van der Waals surface area (Å²) < 4.78 is 27.0. The second-order valence-electron chi connectivity index (χ2n) is 5.94. The largest absolute Gasteiger partial charge is 0.297 e. The zero-order valence-corrected chi connectivity index (χ0v) is 12.6. The topological polar surface area (TPSA) is 55.2 Å². The van der Waals surface area contributed by atoms with Crippen molar-refractivity contribution in [3.05, 3.63) is 47.8 Å². The van der Waals surface area contributed by atoms with Crippen molar-refractivity contribution in [2.45, 2.75) is 22.6 Å². The SMILES string of the molecule is Cn1cc(CN2C[C@@H]3c4ccccc4S(=O)(=O)[C@H]3C2)cn1. The van der Waals surface area contributed by atoms with E-state index in [0.717, 1.165) is 24.2 Å². The van der Waals surface area contributed by atoms with Crippen LogP contribution in [0.5, 0.6) is 0 Å². The smallest absolute Gasteiger partial charge is 0.183 e. The van der Waals surface area contributed by atoms with Gasteiger partial charge in [-0.2, -0.15) is 5.10 Å². The van der Waals surface area contributed by atoms with Gasteiger partial charge in [-0.25, -0.2) is 8.42 Å². The maximum Gasteiger partial charge on any atom is 0.183 e. The summed E-state index contributed by atoms with van der Waals surface area (Å²) >= 11 is 0. The summed E-state index contributed by atoms with van der Waals surface area (Å²) in [5.41, 5.74) is 2.12. The fraction of sp³-hybridized carbons (Fsp3) is 0.400. The lowest BCUT2D eigenvalue weighted by Crippen LogP contribution is -2.25. The molecule has 5 nitrogen and oxygen atoms in total. The molecule has 0 radical (unpaired) electrons. The summed E-state index contributed by atoms with van der Waals surface area (Å²) in [6.07, 6.45) is 3.83. The summed E-state index contributed by atoms with van der Waals surface area (Å²) in [4.78, 5) is 2.76. The van der Waals surface area contributed by atoms with Crippen molar-refractivity contribution in [1.29, 1.82) is 0 Å². The zero-order valence-electron chi connectivity index (χ0n) is 11.8. The van der Waals surface area contributed by atoms with Gasteiger partial charge in [-0.3, -0.25) is 9.58 Å². The predicted molar refractivity (Wildman–Crippen MR) is 78.6 cm³/mol. The molecule has 0 unspecified atom stereocenters. The number of likely N-dealkylation sites (tertiary alicyclic amines) is 1. The van der Waals surface area contributed by atoms with Crippen LogP contribution in [-0.4, -0.2) is 41.4 Å². The van der Waals surface area contributed by atoms with Crippen molar-refractivity contribution in [2.24, 2.45) is 7.05 Å². The quantitative estimate of drug-likeness (QED) is 0.836. The minimum absolute atomic E-state index is 0.114. The van der Waals surface area contributed by atoms with Crippen LogP contribution in [0.4, 0.5) is 0 Å². The molecule has 21 heavy (non-hydrogen) atoms. The fourth-order valence-electron chi connectivity index (χ4n) is 3.61. The highest BCUT2D eigenvalue weighted by molar-refractivity contribution is 7.92. The van der Waals surface area contributed by atoms with Crippen LogP contribution < -0.4 is 0 Å². The minimum Gasteiger partial charge on any atom is -0.297 e. The number of nitrogens with zero attached hydrogens (tertiary/aromatic N) is 3. The molecular formula is C15H17N3O2S. The Bertz CT molecular complexity index is 797. The number of benzene rings is 1. The van der Waals surface area contributed by atoms with Gasteiger partial charge in [0.1, 0.15) is 0 Å². The van der Waals surface area contributed by atoms with Crippen LogP contribution in [0.1, 0.15) is 17.0 Å². The van der Waals surface area contributed by atoms with E-state index < -0.39 is 9.84 Å². The first kappa shape index (κ1) is 13.0. The van der Waals surface area contributed by atoms with Crippen LogP contribution in [0.2, 0.25) is 0 Å². The maximum absolute atomic E-state index is 12.6. The lowest BCUT2D eigenvalue weighted by Gasteiger charge is -2.16. The Morgan fingerprint density at radius 2 is 2.10 bits per heavy atom. The van der Waals surface area contributed by atoms with E-state index in [2.05, 4.69) is 10.00 Å². The van der Waals surface area contributed by atoms with Crippen molar-refractivity contribution < 1.29 is 8.42 Å². The summed E-state index contributed by atoms with van der Waals surface area (Å²) in [7, 11) is -1.27. The molecule has 0 N–H and O–H groups in total. The summed E-state index contributed by atoms with van der Waals surface area (Å²) in [6.45, 7) is 2.17. The lowest BCUT2D eigenvalue weighted by molar-refractivity contribution is 0.325. The Kier molecular flexibility index (Phi) is 2.74. The summed E-state index contributed by atoms with van der Waals surface area (Å²) in [5, 5.41) is 3.88. The number of hydrogen-bond acceptors (Lipinski definition) is 4. The monoisotopic (exact) mass is 303 g/mol. The third-order valence-electron chi connectivity index (χ3n) is 4.53. The van der Waals surface area contributed by atoms with Gasteiger partial charge in [0, 0.05) is 44.4 Å². The molecule has 2 aliphatic heterocycles. The van der Waals surface area contributed by atoms with Crippen LogP contribution >= 0.6 is 0 Å². The van der Waals surface area contributed by atoms with Crippen LogP contribution in [0.15, 0.2) is 41.6 Å². The van der Waals surface area contributed by atoms with E-state index >= 15 is 0 Å². The van der Waals surface area contributed by atoms with Crippen molar-refractivity contribution in [1.82, 2.24) is 14.7 Å². The molecule has 3 heterocycles. The predicted octanol–water partition coefficient (Wildman–Crippen LogP) is 1.18. The maximum atomic E-state index is 12.6. The Balaban J connectivity index is 1.62. The molecule has 0 spiro atoms. The van der Waals surface area contributed by atoms with E-state index in [1.807, 2.05) is 37.6 Å². The van der Waals surface area contributed by atoms with Crippen molar-refractivity contribution >= 4 is 9.84 Å². The van der Waals surface area contributed by atoms with Gasteiger partial charge < -0.3 is 0 Å². The molecule has 110 valence electrons. The summed E-state index contributed by atoms with van der Waals surface area (Å²) in [6, 6.07) is 7.45. The van der Waals surface area contributed by atoms with Crippen LogP contribution in [0.25, 0.3) is 0 Å². The Labute approximate surface area is 124 Å². The van der Waals surface area contributed by atoms with E-state index in [-0.39, 0.29) is 11.2 Å². The number of rotatable bonds is 2.